The van der Waals surface area contributed by atoms with E-state index in [4.69, 9.17) is 5.73 Å². The molecule has 0 spiro atoms. The fourth-order valence-corrected chi connectivity index (χ4v) is 1.99. The fourth-order valence-electron chi connectivity index (χ4n) is 1.99. The molecule has 1 aliphatic rings. The molecular weight excluding hydrogens is 160 g/mol. The van der Waals surface area contributed by atoms with Crippen LogP contribution in [-0.2, 0) is 0 Å². The highest BCUT2D eigenvalue weighted by molar-refractivity contribution is 4.78. The monoisotopic (exact) mass is 184 g/mol. The zero-order valence-electron chi connectivity index (χ0n) is 9.34. The molecule has 2 N–H and O–H groups in total. The second-order valence-corrected chi connectivity index (χ2v) is 5.16. The van der Waals surface area contributed by atoms with Crippen LogP contribution in [0, 0.1) is 0 Å². The Balaban J connectivity index is 2.20. The Morgan fingerprint density at radius 2 is 1.85 bits per heavy atom. The van der Waals surface area contributed by atoms with E-state index in [0.717, 1.165) is 19.0 Å². The molecule has 2 heteroatoms. The summed E-state index contributed by atoms with van der Waals surface area (Å²) in [7, 11) is 2.24. The third kappa shape index (κ3) is 4.10. The van der Waals surface area contributed by atoms with Crippen molar-refractivity contribution in [3.63, 3.8) is 0 Å². The van der Waals surface area contributed by atoms with Gasteiger partial charge >= 0.3 is 0 Å². The zero-order valence-corrected chi connectivity index (χ0v) is 9.34. The lowest BCUT2D eigenvalue weighted by molar-refractivity contribution is 0.225. The van der Waals surface area contributed by atoms with Gasteiger partial charge in [0.2, 0.25) is 0 Å². The molecule has 13 heavy (non-hydrogen) atoms. The summed E-state index contributed by atoms with van der Waals surface area (Å²) < 4.78 is 0. The Hall–Kier alpha value is -0.0800. The van der Waals surface area contributed by atoms with E-state index in [1.54, 1.807) is 0 Å². The van der Waals surface area contributed by atoms with Crippen molar-refractivity contribution >= 4 is 0 Å². The van der Waals surface area contributed by atoms with Gasteiger partial charge in [0, 0.05) is 11.6 Å². The molecule has 1 rings (SSSR count). The minimum absolute atomic E-state index is 0.00708. The molecule has 0 heterocycles. The number of hydrogen-bond donors (Lipinski definition) is 1. The van der Waals surface area contributed by atoms with Crippen LogP contribution >= 0.6 is 0 Å². The number of rotatable bonds is 4. The normalized spacial score (nSPS) is 20.1. The lowest BCUT2D eigenvalue weighted by Gasteiger charge is -2.27. The molecule has 0 bridgehead atoms. The number of nitrogens with zero attached hydrogens (tertiary/aromatic N) is 1. The van der Waals surface area contributed by atoms with Crippen molar-refractivity contribution in [1.82, 2.24) is 4.90 Å². The maximum absolute atomic E-state index is 5.96. The predicted molar refractivity (Wildman–Crippen MR) is 57.8 cm³/mol. The molecule has 2 nitrogen and oxygen atoms in total. The highest BCUT2D eigenvalue weighted by atomic mass is 15.1. The van der Waals surface area contributed by atoms with Gasteiger partial charge < -0.3 is 10.6 Å². The van der Waals surface area contributed by atoms with E-state index in [2.05, 4.69) is 25.8 Å². The van der Waals surface area contributed by atoms with Gasteiger partial charge in [0.15, 0.2) is 0 Å². The standard InChI is InChI=1S/C11H24N2/c1-11(2,12)8-9-13(3)10-6-4-5-7-10/h10H,4-9,12H2,1-3H3. The van der Waals surface area contributed by atoms with Crippen molar-refractivity contribution in [3.05, 3.63) is 0 Å². The van der Waals surface area contributed by atoms with Crippen LogP contribution in [0.2, 0.25) is 0 Å². The van der Waals surface area contributed by atoms with Crippen molar-refractivity contribution in [1.29, 1.82) is 0 Å². The van der Waals surface area contributed by atoms with Gasteiger partial charge in [0.25, 0.3) is 0 Å². The van der Waals surface area contributed by atoms with Crippen LogP contribution in [0.3, 0.4) is 0 Å². The van der Waals surface area contributed by atoms with Crippen molar-refractivity contribution < 1.29 is 0 Å². The molecule has 1 saturated carbocycles. The smallest absolute Gasteiger partial charge is 0.0109 e. The van der Waals surface area contributed by atoms with Gasteiger partial charge in [-0.3, -0.25) is 0 Å². The summed E-state index contributed by atoms with van der Waals surface area (Å²) in [6.07, 6.45) is 6.71. The predicted octanol–water partition coefficient (Wildman–Crippen LogP) is 1.99. The summed E-state index contributed by atoms with van der Waals surface area (Å²) >= 11 is 0. The Labute approximate surface area is 82.5 Å². The lowest BCUT2D eigenvalue weighted by atomic mass is 10.0. The molecule has 0 radical (unpaired) electrons. The first-order chi connectivity index (χ1) is 5.99. The van der Waals surface area contributed by atoms with Crippen LogP contribution in [0.15, 0.2) is 0 Å². The second kappa shape index (κ2) is 4.43. The summed E-state index contributed by atoms with van der Waals surface area (Å²) in [5, 5.41) is 0. The Kier molecular flexibility index (Phi) is 3.74. The highest BCUT2D eigenvalue weighted by Gasteiger charge is 2.20. The van der Waals surface area contributed by atoms with E-state index in [1.807, 2.05) is 0 Å². The van der Waals surface area contributed by atoms with Gasteiger partial charge in [-0.05, 0) is 46.7 Å². The SMILES string of the molecule is CN(CCC(C)(C)N)C1CCCC1. The largest absolute Gasteiger partial charge is 0.326 e. The number of nitrogens with two attached hydrogens (primary N) is 1. The molecule has 0 saturated heterocycles. The lowest BCUT2D eigenvalue weighted by Crippen LogP contribution is -2.39. The average Bonchev–Trinajstić information content (AvgIpc) is 2.50. The fraction of sp³-hybridized carbons (Fsp3) is 1.00. The maximum atomic E-state index is 5.96. The first-order valence-electron chi connectivity index (χ1n) is 5.48. The highest BCUT2D eigenvalue weighted by Crippen LogP contribution is 2.22. The molecule has 0 amide bonds. The van der Waals surface area contributed by atoms with Crippen molar-refractivity contribution in [2.75, 3.05) is 13.6 Å². The summed E-state index contributed by atoms with van der Waals surface area (Å²) in [5.74, 6) is 0. The Morgan fingerprint density at radius 1 is 1.31 bits per heavy atom. The molecule has 0 aromatic carbocycles. The summed E-state index contributed by atoms with van der Waals surface area (Å²) in [4.78, 5) is 2.49. The first kappa shape index (κ1) is 11.0. The van der Waals surface area contributed by atoms with Crippen LogP contribution in [0.4, 0.5) is 0 Å². The summed E-state index contributed by atoms with van der Waals surface area (Å²) in [6, 6.07) is 0.836. The van der Waals surface area contributed by atoms with Gasteiger partial charge in [0.1, 0.15) is 0 Å². The quantitative estimate of drug-likeness (QED) is 0.724. The van der Waals surface area contributed by atoms with Gasteiger partial charge in [-0.2, -0.15) is 0 Å². The number of hydrogen-bond acceptors (Lipinski definition) is 2. The van der Waals surface area contributed by atoms with Crippen molar-refractivity contribution in [2.24, 2.45) is 5.73 Å². The topological polar surface area (TPSA) is 29.3 Å². The van der Waals surface area contributed by atoms with Crippen molar-refractivity contribution in [2.45, 2.75) is 57.5 Å². The molecule has 0 aromatic heterocycles. The second-order valence-electron chi connectivity index (χ2n) is 5.16. The van der Waals surface area contributed by atoms with Crippen LogP contribution in [0.25, 0.3) is 0 Å². The third-order valence-electron chi connectivity index (χ3n) is 3.06. The molecule has 0 aromatic rings. The van der Waals surface area contributed by atoms with Crippen LogP contribution in [-0.4, -0.2) is 30.1 Å². The van der Waals surface area contributed by atoms with E-state index in [-0.39, 0.29) is 5.54 Å². The van der Waals surface area contributed by atoms with Gasteiger partial charge in [-0.15, -0.1) is 0 Å². The van der Waals surface area contributed by atoms with E-state index in [0.29, 0.717) is 0 Å². The first-order valence-corrected chi connectivity index (χ1v) is 5.48. The summed E-state index contributed by atoms with van der Waals surface area (Å²) in [5.41, 5.74) is 5.95. The van der Waals surface area contributed by atoms with Crippen molar-refractivity contribution in [3.8, 4) is 0 Å². The molecule has 0 atom stereocenters. The van der Waals surface area contributed by atoms with Crippen LogP contribution in [0.5, 0.6) is 0 Å². The molecule has 78 valence electrons. The van der Waals surface area contributed by atoms with Gasteiger partial charge in [-0.25, -0.2) is 0 Å². The minimum Gasteiger partial charge on any atom is -0.326 e. The van der Waals surface area contributed by atoms with E-state index in [1.165, 1.54) is 25.7 Å². The van der Waals surface area contributed by atoms with Crippen LogP contribution < -0.4 is 5.73 Å². The summed E-state index contributed by atoms with van der Waals surface area (Å²) in [6.45, 7) is 5.36. The molecule has 0 aliphatic heterocycles. The van der Waals surface area contributed by atoms with E-state index < -0.39 is 0 Å². The molecule has 1 aliphatic carbocycles. The molecule has 1 fully saturated rings. The van der Waals surface area contributed by atoms with Gasteiger partial charge in [-0.1, -0.05) is 12.8 Å². The maximum Gasteiger partial charge on any atom is 0.0109 e. The zero-order chi connectivity index (χ0) is 9.90. The van der Waals surface area contributed by atoms with E-state index >= 15 is 0 Å². The van der Waals surface area contributed by atoms with Crippen LogP contribution in [0.1, 0.15) is 46.0 Å². The minimum atomic E-state index is -0.00708. The molecular formula is C11H24N2. The Morgan fingerprint density at radius 3 is 2.31 bits per heavy atom. The average molecular weight is 184 g/mol. The van der Waals surface area contributed by atoms with E-state index in [9.17, 15) is 0 Å². The third-order valence-corrected chi connectivity index (χ3v) is 3.06. The Bertz CT molecular complexity index is 143. The molecule has 0 unspecified atom stereocenters. The van der Waals surface area contributed by atoms with Gasteiger partial charge in [0.05, 0.1) is 0 Å².